The molecule has 0 aliphatic rings. The van der Waals surface area contributed by atoms with Gasteiger partial charge in [-0.3, -0.25) is 4.79 Å². The highest BCUT2D eigenvalue weighted by atomic mass is 35.5. The Kier molecular flexibility index (Phi) is 7.90. The van der Waals surface area contributed by atoms with Crippen LogP contribution in [0.4, 0.5) is 0 Å². The van der Waals surface area contributed by atoms with Crippen molar-refractivity contribution in [3.63, 3.8) is 0 Å². The SMILES string of the molecule is COc1ccc(Cl)cc1S(=O)(=O)N[C@H](Cc1ccccc1)C(=O)N[C@@H](C)c1ccccc1. The van der Waals surface area contributed by atoms with Crippen molar-refractivity contribution in [3.05, 3.63) is 95.0 Å². The maximum Gasteiger partial charge on any atom is 0.245 e. The molecule has 0 spiro atoms. The summed E-state index contributed by atoms with van der Waals surface area (Å²) in [7, 11) is -2.74. The van der Waals surface area contributed by atoms with E-state index in [4.69, 9.17) is 16.3 Å². The maximum atomic E-state index is 13.2. The van der Waals surface area contributed by atoms with Crippen LogP contribution in [-0.4, -0.2) is 27.5 Å². The number of carbonyl (C=O) groups is 1. The van der Waals surface area contributed by atoms with Crippen LogP contribution in [0.1, 0.15) is 24.1 Å². The monoisotopic (exact) mass is 472 g/mol. The molecule has 3 aromatic carbocycles. The van der Waals surface area contributed by atoms with Gasteiger partial charge in [0.2, 0.25) is 15.9 Å². The van der Waals surface area contributed by atoms with Gasteiger partial charge in [-0.15, -0.1) is 0 Å². The van der Waals surface area contributed by atoms with E-state index in [2.05, 4.69) is 10.0 Å². The fourth-order valence-electron chi connectivity index (χ4n) is 3.29. The van der Waals surface area contributed by atoms with Crippen molar-refractivity contribution in [1.82, 2.24) is 10.0 Å². The van der Waals surface area contributed by atoms with Gasteiger partial charge in [-0.05, 0) is 42.7 Å². The molecule has 0 radical (unpaired) electrons. The van der Waals surface area contributed by atoms with Gasteiger partial charge in [-0.2, -0.15) is 4.72 Å². The Morgan fingerprint density at radius 3 is 2.25 bits per heavy atom. The molecule has 32 heavy (non-hydrogen) atoms. The second-order valence-corrected chi connectivity index (χ2v) is 9.42. The second-order valence-electron chi connectivity index (χ2n) is 7.30. The zero-order chi connectivity index (χ0) is 23.1. The number of benzene rings is 3. The number of amides is 1. The van der Waals surface area contributed by atoms with Gasteiger partial charge < -0.3 is 10.1 Å². The molecule has 0 heterocycles. The molecular formula is C24H25ClN2O4S. The van der Waals surface area contributed by atoms with Crippen LogP contribution in [0.15, 0.2) is 83.8 Å². The lowest BCUT2D eigenvalue weighted by atomic mass is 10.0. The summed E-state index contributed by atoms with van der Waals surface area (Å²) in [5, 5.41) is 3.15. The summed E-state index contributed by atoms with van der Waals surface area (Å²) in [6, 6.07) is 21.6. The van der Waals surface area contributed by atoms with E-state index >= 15 is 0 Å². The minimum absolute atomic E-state index is 0.130. The van der Waals surface area contributed by atoms with Crippen LogP contribution < -0.4 is 14.8 Å². The minimum Gasteiger partial charge on any atom is -0.495 e. The van der Waals surface area contributed by atoms with E-state index in [9.17, 15) is 13.2 Å². The number of nitrogens with one attached hydrogen (secondary N) is 2. The van der Waals surface area contributed by atoms with Crippen molar-refractivity contribution in [3.8, 4) is 5.75 Å². The summed E-state index contributed by atoms with van der Waals surface area (Å²) in [4.78, 5) is 13.0. The summed E-state index contributed by atoms with van der Waals surface area (Å²) >= 11 is 6.02. The van der Waals surface area contributed by atoms with Gasteiger partial charge in [0, 0.05) is 5.02 Å². The molecule has 0 bridgehead atoms. The Labute approximate surface area is 193 Å². The van der Waals surface area contributed by atoms with E-state index in [1.807, 2.05) is 67.6 Å². The first-order valence-corrected chi connectivity index (χ1v) is 11.9. The van der Waals surface area contributed by atoms with Gasteiger partial charge in [0.1, 0.15) is 16.7 Å². The van der Waals surface area contributed by atoms with Crippen molar-refractivity contribution in [2.75, 3.05) is 7.11 Å². The molecule has 6 nitrogen and oxygen atoms in total. The maximum absolute atomic E-state index is 13.2. The summed E-state index contributed by atoms with van der Waals surface area (Å²) in [5.74, 6) is -0.298. The molecule has 2 atom stereocenters. The van der Waals surface area contributed by atoms with E-state index in [0.29, 0.717) is 0 Å². The van der Waals surface area contributed by atoms with Crippen LogP contribution in [0.5, 0.6) is 5.75 Å². The Hall–Kier alpha value is -2.87. The summed E-state index contributed by atoms with van der Waals surface area (Å²) in [6.07, 6.45) is 0.177. The van der Waals surface area contributed by atoms with Crippen LogP contribution >= 0.6 is 11.6 Å². The largest absolute Gasteiger partial charge is 0.495 e. The topological polar surface area (TPSA) is 84.5 Å². The van der Waals surface area contributed by atoms with Crippen molar-refractivity contribution in [1.29, 1.82) is 0 Å². The lowest BCUT2D eigenvalue weighted by Crippen LogP contribution is -2.48. The molecule has 2 N–H and O–H groups in total. The normalized spacial score (nSPS) is 13.2. The molecule has 8 heteroatoms. The fraction of sp³-hybridized carbons (Fsp3) is 0.208. The highest BCUT2D eigenvalue weighted by Gasteiger charge is 2.29. The van der Waals surface area contributed by atoms with Gasteiger partial charge in [0.05, 0.1) is 13.2 Å². The molecule has 1 amide bonds. The summed E-state index contributed by atoms with van der Waals surface area (Å²) in [5.41, 5.74) is 1.74. The van der Waals surface area contributed by atoms with E-state index in [1.165, 1.54) is 25.3 Å². The first-order chi connectivity index (χ1) is 15.3. The van der Waals surface area contributed by atoms with Crippen molar-refractivity contribution in [2.45, 2.75) is 30.3 Å². The highest BCUT2D eigenvalue weighted by molar-refractivity contribution is 7.89. The quantitative estimate of drug-likeness (QED) is 0.490. The number of hydrogen-bond acceptors (Lipinski definition) is 4. The Morgan fingerprint density at radius 1 is 1.00 bits per heavy atom. The number of methoxy groups -OCH3 is 1. The zero-order valence-electron chi connectivity index (χ0n) is 17.8. The predicted octanol–water partition coefficient (Wildman–Crippen LogP) is 4.12. The summed E-state index contributed by atoms with van der Waals surface area (Å²) < 4.78 is 34.1. The molecule has 0 aliphatic heterocycles. The van der Waals surface area contributed by atoms with Gasteiger partial charge in [-0.25, -0.2) is 8.42 Å². The van der Waals surface area contributed by atoms with Gasteiger partial charge in [-0.1, -0.05) is 72.3 Å². The Bertz CT molecular complexity index is 1160. The molecule has 0 fully saturated rings. The van der Waals surface area contributed by atoms with Gasteiger partial charge >= 0.3 is 0 Å². The lowest BCUT2D eigenvalue weighted by molar-refractivity contribution is -0.123. The molecule has 0 saturated heterocycles. The van der Waals surface area contributed by atoms with Crippen molar-refractivity contribution < 1.29 is 17.9 Å². The molecule has 0 aromatic heterocycles. The van der Waals surface area contributed by atoms with Crippen LogP contribution in [0.25, 0.3) is 0 Å². The van der Waals surface area contributed by atoms with E-state index < -0.39 is 22.0 Å². The molecule has 3 aromatic rings. The molecule has 3 rings (SSSR count). The van der Waals surface area contributed by atoms with Crippen molar-refractivity contribution in [2.24, 2.45) is 0 Å². The number of carbonyl (C=O) groups excluding carboxylic acids is 1. The van der Waals surface area contributed by atoms with Crippen molar-refractivity contribution >= 4 is 27.5 Å². The molecule has 0 aliphatic carbocycles. The highest BCUT2D eigenvalue weighted by Crippen LogP contribution is 2.27. The number of hydrogen-bond donors (Lipinski definition) is 2. The van der Waals surface area contributed by atoms with Crippen LogP contribution in [0, 0.1) is 0 Å². The Morgan fingerprint density at radius 2 is 1.62 bits per heavy atom. The average molecular weight is 473 g/mol. The number of rotatable bonds is 9. The number of ether oxygens (including phenoxy) is 1. The first-order valence-electron chi connectivity index (χ1n) is 10.1. The number of sulfonamides is 1. The second kappa shape index (κ2) is 10.6. The average Bonchev–Trinajstić information content (AvgIpc) is 2.79. The molecule has 168 valence electrons. The van der Waals surface area contributed by atoms with Crippen LogP contribution in [0.2, 0.25) is 5.02 Å². The summed E-state index contributed by atoms with van der Waals surface area (Å²) in [6.45, 7) is 1.85. The van der Waals surface area contributed by atoms with Crippen LogP contribution in [0.3, 0.4) is 0 Å². The Balaban J connectivity index is 1.89. The minimum atomic E-state index is -4.11. The number of halogens is 1. The molecule has 0 saturated carbocycles. The zero-order valence-corrected chi connectivity index (χ0v) is 19.4. The molecular weight excluding hydrogens is 448 g/mol. The third-order valence-electron chi connectivity index (χ3n) is 4.97. The van der Waals surface area contributed by atoms with E-state index in [0.717, 1.165) is 11.1 Å². The smallest absolute Gasteiger partial charge is 0.245 e. The third kappa shape index (κ3) is 6.09. The molecule has 0 unspecified atom stereocenters. The van der Waals surface area contributed by atoms with Gasteiger partial charge in [0.25, 0.3) is 0 Å². The van der Waals surface area contributed by atoms with Gasteiger partial charge in [0.15, 0.2) is 0 Å². The standard InChI is InChI=1S/C24H25ClN2O4S/c1-17(19-11-7-4-8-12-19)26-24(28)21(15-18-9-5-3-6-10-18)27-32(29,30)23-16-20(25)13-14-22(23)31-2/h3-14,16-17,21,27H,15H2,1-2H3,(H,26,28)/t17-,21+/m0/s1. The van der Waals surface area contributed by atoms with Crippen LogP contribution in [-0.2, 0) is 21.2 Å². The lowest BCUT2D eigenvalue weighted by Gasteiger charge is -2.22. The van der Waals surface area contributed by atoms with E-state index in [-0.39, 0.29) is 28.1 Å². The first kappa shape index (κ1) is 23.8. The van der Waals surface area contributed by atoms with E-state index in [1.54, 1.807) is 0 Å². The third-order valence-corrected chi connectivity index (χ3v) is 6.70. The fourth-order valence-corrected chi connectivity index (χ4v) is 4.92. The predicted molar refractivity (Wildman–Crippen MR) is 125 cm³/mol.